The molecule has 30 heavy (non-hydrogen) atoms. The van der Waals surface area contributed by atoms with Crippen molar-refractivity contribution in [1.29, 1.82) is 0 Å². The number of ether oxygens (including phenoxy) is 1. The first-order valence-corrected chi connectivity index (χ1v) is 10.3. The lowest BCUT2D eigenvalue weighted by molar-refractivity contribution is -0.120. The van der Waals surface area contributed by atoms with Crippen LogP contribution < -0.4 is 15.0 Å². The van der Waals surface area contributed by atoms with Crippen molar-refractivity contribution in [2.75, 3.05) is 30.4 Å². The van der Waals surface area contributed by atoms with Gasteiger partial charge in [0, 0.05) is 36.7 Å². The first-order chi connectivity index (χ1) is 14.6. The number of carbonyl (C=O) groups excluding carboxylic acids is 1. The Bertz CT molecular complexity index is 1010. The van der Waals surface area contributed by atoms with Crippen LogP contribution in [0.25, 0.3) is 11.1 Å². The molecule has 0 radical (unpaired) electrons. The van der Waals surface area contributed by atoms with E-state index in [0.29, 0.717) is 29.0 Å². The van der Waals surface area contributed by atoms with Gasteiger partial charge in [-0.3, -0.25) is 4.79 Å². The van der Waals surface area contributed by atoms with Gasteiger partial charge in [0.25, 0.3) is 0 Å². The van der Waals surface area contributed by atoms with E-state index in [0.717, 1.165) is 30.5 Å². The molecule has 1 aromatic heterocycles. The molecule has 2 aromatic carbocycles. The zero-order valence-electron chi connectivity index (χ0n) is 16.7. The number of nitrogens with one attached hydrogen (secondary N) is 1. The van der Waals surface area contributed by atoms with Crippen LogP contribution in [0.3, 0.4) is 0 Å². The van der Waals surface area contributed by atoms with Crippen LogP contribution in [-0.4, -0.2) is 36.1 Å². The number of nitrogens with zero attached hydrogens (tertiary/aromatic N) is 3. The van der Waals surface area contributed by atoms with Gasteiger partial charge in [0.05, 0.1) is 18.1 Å². The summed E-state index contributed by atoms with van der Waals surface area (Å²) in [6.45, 7) is 1.42. The molecule has 0 bridgehead atoms. The van der Waals surface area contributed by atoms with Crippen LogP contribution in [0.4, 0.5) is 11.6 Å². The van der Waals surface area contributed by atoms with E-state index in [2.05, 4.69) is 20.2 Å². The highest BCUT2D eigenvalue weighted by atomic mass is 35.5. The van der Waals surface area contributed by atoms with E-state index in [1.54, 1.807) is 25.3 Å². The van der Waals surface area contributed by atoms with Gasteiger partial charge in [-0.1, -0.05) is 41.9 Å². The fourth-order valence-corrected chi connectivity index (χ4v) is 3.88. The van der Waals surface area contributed by atoms with Crippen LogP contribution in [0.15, 0.2) is 60.9 Å². The van der Waals surface area contributed by atoms with Crippen molar-refractivity contribution >= 4 is 29.1 Å². The first kappa shape index (κ1) is 20.2. The third kappa shape index (κ3) is 4.54. The van der Waals surface area contributed by atoms with Crippen molar-refractivity contribution in [2.24, 2.45) is 5.92 Å². The number of benzene rings is 2. The van der Waals surface area contributed by atoms with Crippen LogP contribution in [0.1, 0.15) is 12.8 Å². The molecule has 2 heterocycles. The van der Waals surface area contributed by atoms with Gasteiger partial charge >= 0.3 is 0 Å². The lowest BCUT2D eigenvalue weighted by atomic mass is 9.97. The van der Waals surface area contributed by atoms with E-state index in [9.17, 15) is 4.79 Å². The lowest BCUT2D eigenvalue weighted by Crippen LogP contribution is -2.41. The third-order valence-corrected chi connectivity index (χ3v) is 5.54. The molecule has 1 unspecified atom stereocenters. The van der Waals surface area contributed by atoms with Crippen molar-refractivity contribution in [2.45, 2.75) is 12.8 Å². The molecule has 1 aliphatic rings. The molecule has 0 spiro atoms. The van der Waals surface area contributed by atoms with Gasteiger partial charge in [0.1, 0.15) is 5.75 Å². The molecule has 1 aliphatic heterocycles. The number of carbonyl (C=O) groups is 1. The van der Waals surface area contributed by atoms with E-state index < -0.39 is 0 Å². The molecule has 154 valence electrons. The molecule has 4 rings (SSSR count). The molecular weight excluding hydrogens is 400 g/mol. The molecular formula is C23H23ClN4O2. The summed E-state index contributed by atoms with van der Waals surface area (Å²) in [5.41, 5.74) is 2.71. The van der Waals surface area contributed by atoms with Gasteiger partial charge in [0.15, 0.2) is 0 Å². The molecule has 1 amide bonds. The lowest BCUT2D eigenvalue weighted by Gasteiger charge is -2.32. The summed E-state index contributed by atoms with van der Waals surface area (Å²) in [4.78, 5) is 23.9. The van der Waals surface area contributed by atoms with Gasteiger partial charge in [-0.05, 0) is 36.6 Å². The molecule has 3 aromatic rings. The average molecular weight is 423 g/mol. The predicted molar refractivity (Wildman–Crippen MR) is 119 cm³/mol. The summed E-state index contributed by atoms with van der Waals surface area (Å²) in [7, 11) is 1.56. The quantitative estimate of drug-likeness (QED) is 0.647. The van der Waals surface area contributed by atoms with Crippen LogP contribution in [0, 0.1) is 5.92 Å². The smallest absolute Gasteiger partial charge is 0.229 e. The Hall–Kier alpha value is -3.12. The number of methoxy groups -OCH3 is 1. The molecule has 0 aliphatic carbocycles. The van der Waals surface area contributed by atoms with E-state index in [-0.39, 0.29) is 11.8 Å². The number of aromatic nitrogens is 2. The number of halogens is 1. The van der Waals surface area contributed by atoms with Crippen molar-refractivity contribution in [3.63, 3.8) is 0 Å². The van der Waals surface area contributed by atoms with E-state index in [1.165, 1.54) is 0 Å². The second-order valence-corrected chi connectivity index (χ2v) is 7.67. The minimum Gasteiger partial charge on any atom is -0.495 e. The molecule has 1 atom stereocenters. The molecule has 1 saturated heterocycles. The fraction of sp³-hybridized carbons (Fsp3) is 0.261. The Kier molecular flexibility index (Phi) is 6.14. The monoisotopic (exact) mass is 422 g/mol. The fourth-order valence-electron chi connectivity index (χ4n) is 3.63. The highest BCUT2D eigenvalue weighted by Gasteiger charge is 2.27. The Morgan fingerprint density at radius 2 is 1.90 bits per heavy atom. The van der Waals surface area contributed by atoms with Crippen molar-refractivity contribution in [3.8, 4) is 16.9 Å². The number of hydrogen-bond acceptors (Lipinski definition) is 5. The summed E-state index contributed by atoms with van der Waals surface area (Å²) >= 11 is 6.16. The number of rotatable bonds is 5. The van der Waals surface area contributed by atoms with Crippen LogP contribution in [-0.2, 0) is 4.79 Å². The molecule has 0 saturated carbocycles. The molecule has 1 fully saturated rings. The van der Waals surface area contributed by atoms with Crippen LogP contribution >= 0.6 is 11.6 Å². The summed E-state index contributed by atoms with van der Waals surface area (Å²) in [5, 5.41) is 3.43. The van der Waals surface area contributed by atoms with E-state index in [4.69, 9.17) is 16.3 Å². The minimum absolute atomic E-state index is 0.0261. The van der Waals surface area contributed by atoms with E-state index >= 15 is 0 Å². The van der Waals surface area contributed by atoms with Crippen LogP contribution in [0.2, 0.25) is 5.02 Å². The normalized spacial score (nSPS) is 16.2. The number of hydrogen-bond donors (Lipinski definition) is 1. The topological polar surface area (TPSA) is 67.3 Å². The Morgan fingerprint density at radius 3 is 2.60 bits per heavy atom. The first-order valence-electron chi connectivity index (χ1n) is 9.91. The number of piperidine rings is 1. The van der Waals surface area contributed by atoms with Gasteiger partial charge in [0.2, 0.25) is 11.9 Å². The summed E-state index contributed by atoms with van der Waals surface area (Å²) < 4.78 is 5.16. The van der Waals surface area contributed by atoms with Crippen molar-refractivity contribution < 1.29 is 9.53 Å². The summed E-state index contributed by atoms with van der Waals surface area (Å²) in [6.07, 6.45) is 5.40. The minimum atomic E-state index is -0.142. The average Bonchev–Trinajstić information content (AvgIpc) is 2.80. The highest BCUT2D eigenvalue weighted by molar-refractivity contribution is 6.32. The number of amides is 1. The SMILES string of the molecule is COc1ccc(NC(=O)C2CCCN(c3ncc(-c4ccccc4)cn3)C2)cc1Cl. The Morgan fingerprint density at radius 1 is 1.13 bits per heavy atom. The molecule has 1 N–H and O–H groups in total. The zero-order chi connectivity index (χ0) is 20.9. The summed E-state index contributed by atoms with van der Waals surface area (Å²) in [6, 6.07) is 15.3. The highest BCUT2D eigenvalue weighted by Crippen LogP contribution is 2.28. The van der Waals surface area contributed by atoms with Gasteiger partial charge in [-0.25, -0.2) is 9.97 Å². The maximum Gasteiger partial charge on any atom is 0.229 e. The zero-order valence-corrected chi connectivity index (χ0v) is 17.5. The second kappa shape index (κ2) is 9.13. The van der Waals surface area contributed by atoms with Crippen molar-refractivity contribution in [1.82, 2.24) is 9.97 Å². The maximum absolute atomic E-state index is 12.8. The Balaban J connectivity index is 1.41. The van der Waals surface area contributed by atoms with Gasteiger partial charge in [-0.2, -0.15) is 0 Å². The largest absolute Gasteiger partial charge is 0.495 e. The molecule has 6 nitrogen and oxygen atoms in total. The van der Waals surface area contributed by atoms with Gasteiger partial charge in [-0.15, -0.1) is 0 Å². The Labute approximate surface area is 180 Å². The van der Waals surface area contributed by atoms with Crippen molar-refractivity contribution in [3.05, 3.63) is 65.9 Å². The van der Waals surface area contributed by atoms with Crippen LogP contribution in [0.5, 0.6) is 5.75 Å². The number of anilines is 2. The molecule has 7 heteroatoms. The van der Waals surface area contributed by atoms with E-state index in [1.807, 2.05) is 42.7 Å². The van der Waals surface area contributed by atoms with Gasteiger partial charge < -0.3 is 15.0 Å². The summed E-state index contributed by atoms with van der Waals surface area (Å²) in [5.74, 6) is 1.06. The standard InChI is InChI=1S/C23H23ClN4O2/c1-30-21-10-9-19(12-20(21)24)27-22(29)17-8-5-11-28(15-17)23-25-13-18(14-26-23)16-6-3-2-4-7-16/h2-4,6-7,9-10,12-14,17H,5,8,11,15H2,1H3,(H,27,29). The second-order valence-electron chi connectivity index (χ2n) is 7.26. The maximum atomic E-state index is 12.8. The predicted octanol–water partition coefficient (Wildman–Crippen LogP) is 4.66. The third-order valence-electron chi connectivity index (χ3n) is 5.24.